The van der Waals surface area contributed by atoms with Crippen LogP contribution in [0, 0.1) is 6.92 Å². The SMILES string of the molecule is Cc1cccc(OC2=C(Cl)C(=O)c3ccccc3C2=O)c1. The van der Waals surface area contributed by atoms with Crippen LogP contribution in [0.4, 0.5) is 0 Å². The van der Waals surface area contributed by atoms with E-state index in [1.807, 2.05) is 19.1 Å². The monoisotopic (exact) mass is 298 g/mol. The Morgan fingerprint density at radius 3 is 2.24 bits per heavy atom. The maximum Gasteiger partial charge on any atom is 0.230 e. The number of aryl methyl sites for hydroxylation is 1. The maximum atomic E-state index is 12.4. The third kappa shape index (κ3) is 2.36. The van der Waals surface area contributed by atoms with Crippen molar-refractivity contribution in [2.24, 2.45) is 0 Å². The van der Waals surface area contributed by atoms with Gasteiger partial charge in [-0.05, 0) is 24.6 Å². The molecule has 0 amide bonds. The van der Waals surface area contributed by atoms with Gasteiger partial charge >= 0.3 is 0 Å². The second kappa shape index (κ2) is 5.19. The number of allylic oxidation sites excluding steroid dienone is 2. The molecule has 2 aromatic carbocycles. The number of fused-ring (bicyclic) bond motifs is 1. The zero-order valence-corrected chi connectivity index (χ0v) is 12.0. The molecular weight excluding hydrogens is 288 g/mol. The molecule has 0 bridgehead atoms. The second-order valence-electron chi connectivity index (χ2n) is 4.77. The molecule has 0 aromatic heterocycles. The highest BCUT2D eigenvalue weighted by Crippen LogP contribution is 2.30. The third-order valence-electron chi connectivity index (χ3n) is 3.23. The van der Waals surface area contributed by atoms with Crippen LogP contribution >= 0.6 is 11.6 Å². The fourth-order valence-corrected chi connectivity index (χ4v) is 2.44. The molecule has 4 heteroatoms. The molecule has 1 aliphatic rings. The van der Waals surface area contributed by atoms with Crippen LogP contribution in [-0.4, -0.2) is 11.6 Å². The molecular formula is C17H11ClO3. The Hall–Kier alpha value is -2.39. The zero-order chi connectivity index (χ0) is 15.0. The first-order chi connectivity index (χ1) is 10.1. The Bertz CT molecular complexity index is 790. The number of ketones is 2. The zero-order valence-electron chi connectivity index (χ0n) is 11.2. The standard InChI is InChI=1S/C17H11ClO3/c1-10-5-4-6-11(9-10)21-17-14(18)15(19)12-7-2-3-8-13(12)16(17)20/h2-9H,1H3. The fourth-order valence-electron chi connectivity index (χ4n) is 2.21. The van der Waals surface area contributed by atoms with Crippen LogP contribution in [0.15, 0.2) is 59.3 Å². The minimum absolute atomic E-state index is 0.119. The van der Waals surface area contributed by atoms with Crippen LogP contribution in [0.3, 0.4) is 0 Å². The summed E-state index contributed by atoms with van der Waals surface area (Å²) in [6, 6.07) is 13.8. The summed E-state index contributed by atoms with van der Waals surface area (Å²) in [6.07, 6.45) is 0. The molecule has 0 fully saturated rings. The van der Waals surface area contributed by atoms with Gasteiger partial charge in [0, 0.05) is 11.1 Å². The van der Waals surface area contributed by atoms with Gasteiger partial charge in [0.15, 0.2) is 5.76 Å². The minimum Gasteiger partial charge on any atom is -0.451 e. The van der Waals surface area contributed by atoms with Crippen LogP contribution in [0.1, 0.15) is 26.3 Å². The predicted molar refractivity (Wildman–Crippen MR) is 79.8 cm³/mol. The Kier molecular flexibility index (Phi) is 3.35. The third-order valence-corrected chi connectivity index (χ3v) is 3.57. The quantitative estimate of drug-likeness (QED) is 0.844. The highest BCUT2D eigenvalue weighted by molar-refractivity contribution is 6.49. The molecule has 0 spiro atoms. The summed E-state index contributed by atoms with van der Waals surface area (Å²) in [4.78, 5) is 24.7. The predicted octanol–water partition coefficient (Wildman–Crippen LogP) is 3.90. The van der Waals surface area contributed by atoms with Gasteiger partial charge in [-0.25, -0.2) is 0 Å². The van der Waals surface area contributed by atoms with Crippen molar-refractivity contribution in [2.45, 2.75) is 6.92 Å². The number of halogens is 1. The van der Waals surface area contributed by atoms with Crippen LogP contribution in [-0.2, 0) is 0 Å². The van der Waals surface area contributed by atoms with E-state index in [2.05, 4.69) is 0 Å². The van der Waals surface area contributed by atoms with Crippen molar-refractivity contribution in [1.29, 1.82) is 0 Å². The molecule has 0 unspecified atom stereocenters. The molecule has 3 rings (SSSR count). The first-order valence-electron chi connectivity index (χ1n) is 6.40. The van der Waals surface area contributed by atoms with Crippen LogP contribution in [0.25, 0.3) is 0 Å². The summed E-state index contributed by atoms with van der Waals surface area (Å²) >= 11 is 6.03. The average molecular weight is 299 g/mol. The molecule has 0 atom stereocenters. The Morgan fingerprint density at radius 1 is 0.905 bits per heavy atom. The largest absolute Gasteiger partial charge is 0.451 e. The van der Waals surface area contributed by atoms with E-state index in [1.54, 1.807) is 36.4 Å². The molecule has 2 aromatic rings. The second-order valence-corrected chi connectivity index (χ2v) is 5.14. The molecule has 0 saturated carbocycles. The van der Waals surface area contributed by atoms with Gasteiger partial charge in [-0.2, -0.15) is 0 Å². The van der Waals surface area contributed by atoms with Gasteiger partial charge in [0.05, 0.1) is 0 Å². The molecule has 1 aliphatic carbocycles. The number of rotatable bonds is 2. The Balaban J connectivity index is 2.05. The lowest BCUT2D eigenvalue weighted by Gasteiger charge is -2.18. The summed E-state index contributed by atoms with van der Waals surface area (Å²) in [6.45, 7) is 1.91. The molecule has 104 valence electrons. The first-order valence-corrected chi connectivity index (χ1v) is 6.78. The number of ether oxygens (including phenoxy) is 1. The van der Waals surface area contributed by atoms with E-state index < -0.39 is 5.78 Å². The molecule has 21 heavy (non-hydrogen) atoms. The van der Waals surface area contributed by atoms with Crippen molar-refractivity contribution in [3.05, 3.63) is 76.0 Å². The number of carbonyl (C=O) groups excluding carboxylic acids is 2. The number of hydrogen-bond donors (Lipinski definition) is 0. The van der Waals surface area contributed by atoms with Gasteiger partial charge in [0.2, 0.25) is 11.6 Å². The van der Waals surface area contributed by atoms with E-state index in [1.165, 1.54) is 0 Å². The van der Waals surface area contributed by atoms with E-state index in [4.69, 9.17) is 16.3 Å². The van der Waals surface area contributed by atoms with Crippen LogP contribution in [0.2, 0.25) is 0 Å². The summed E-state index contributed by atoms with van der Waals surface area (Å²) in [5, 5.41) is -0.180. The van der Waals surface area contributed by atoms with E-state index in [9.17, 15) is 9.59 Å². The normalized spacial score (nSPS) is 14.2. The van der Waals surface area contributed by atoms with Gasteiger partial charge in [0.1, 0.15) is 10.8 Å². The summed E-state index contributed by atoms with van der Waals surface area (Å²) < 4.78 is 5.57. The number of Topliss-reactive ketones (excluding diaryl/α,β-unsaturated/α-hetero) is 2. The van der Waals surface area contributed by atoms with Crippen molar-refractivity contribution in [3.8, 4) is 5.75 Å². The molecule has 0 N–H and O–H groups in total. The van der Waals surface area contributed by atoms with Crippen molar-refractivity contribution >= 4 is 23.2 Å². The maximum absolute atomic E-state index is 12.4. The fraction of sp³-hybridized carbons (Fsp3) is 0.0588. The van der Waals surface area contributed by atoms with Gasteiger partial charge in [0.25, 0.3) is 0 Å². The van der Waals surface area contributed by atoms with E-state index in [0.29, 0.717) is 16.9 Å². The number of hydrogen-bond acceptors (Lipinski definition) is 3. The van der Waals surface area contributed by atoms with Crippen molar-refractivity contribution in [3.63, 3.8) is 0 Å². The summed E-state index contributed by atoms with van der Waals surface area (Å²) in [5.41, 5.74) is 1.61. The summed E-state index contributed by atoms with van der Waals surface area (Å²) in [7, 11) is 0. The van der Waals surface area contributed by atoms with Gasteiger partial charge in [-0.3, -0.25) is 9.59 Å². The summed E-state index contributed by atoms with van der Waals surface area (Å²) in [5.74, 6) is -0.416. The van der Waals surface area contributed by atoms with Crippen LogP contribution in [0.5, 0.6) is 5.75 Å². The number of benzene rings is 2. The van der Waals surface area contributed by atoms with E-state index in [-0.39, 0.29) is 16.6 Å². The topological polar surface area (TPSA) is 43.4 Å². The lowest BCUT2D eigenvalue weighted by Crippen LogP contribution is -2.23. The number of carbonyl (C=O) groups is 2. The van der Waals surface area contributed by atoms with E-state index in [0.717, 1.165) is 5.56 Å². The van der Waals surface area contributed by atoms with Gasteiger partial charge in [-0.1, -0.05) is 48.0 Å². The lowest BCUT2D eigenvalue weighted by atomic mass is 9.93. The highest BCUT2D eigenvalue weighted by Gasteiger charge is 2.32. The average Bonchev–Trinajstić information content (AvgIpc) is 2.49. The first kappa shape index (κ1) is 13.6. The highest BCUT2D eigenvalue weighted by atomic mass is 35.5. The molecule has 3 nitrogen and oxygen atoms in total. The molecule has 0 aliphatic heterocycles. The Morgan fingerprint density at radius 2 is 1.57 bits per heavy atom. The smallest absolute Gasteiger partial charge is 0.230 e. The Labute approximate surface area is 126 Å². The molecule has 0 heterocycles. The minimum atomic E-state index is -0.394. The van der Waals surface area contributed by atoms with Crippen molar-refractivity contribution < 1.29 is 14.3 Å². The van der Waals surface area contributed by atoms with Gasteiger partial charge in [-0.15, -0.1) is 0 Å². The van der Waals surface area contributed by atoms with Crippen LogP contribution < -0.4 is 4.74 Å². The lowest BCUT2D eigenvalue weighted by molar-refractivity contribution is 0.0943. The molecule has 0 saturated heterocycles. The van der Waals surface area contributed by atoms with Gasteiger partial charge < -0.3 is 4.74 Å². The van der Waals surface area contributed by atoms with E-state index >= 15 is 0 Å². The van der Waals surface area contributed by atoms with Crippen molar-refractivity contribution in [1.82, 2.24) is 0 Å². The van der Waals surface area contributed by atoms with Crippen molar-refractivity contribution in [2.75, 3.05) is 0 Å². The molecule has 0 radical (unpaired) electrons.